The molecule has 4 nitrogen and oxygen atoms in total. The highest BCUT2D eigenvalue weighted by Gasteiger charge is 2.95. The minimum atomic E-state index is -8.71. The Hall–Kier alpha value is -1.13. The summed E-state index contributed by atoms with van der Waals surface area (Å²) in [6.07, 6.45) is -17.6. The third kappa shape index (κ3) is 6.37. The highest BCUT2D eigenvalue weighted by molar-refractivity contribution is 6.60. The molecule has 0 aliphatic carbocycles. The van der Waals surface area contributed by atoms with Gasteiger partial charge in [0.2, 0.25) is 0 Å². The molecule has 0 N–H and O–H groups in total. The molecule has 0 aromatic rings. The molecule has 39 heavy (non-hydrogen) atoms. The predicted molar refractivity (Wildman–Crippen MR) is 96.4 cm³/mol. The zero-order valence-corrected chi connectivity index (χ0v) is 21.0. The van der Waals surface area contributed by atoms with Gasteiger partial charge in [0.05, 0.1) is 0 Å². The third-order valence-electron chi connectivity index (χ3n) is 4.64. The van der Waals surface area contributed by atoms with Crippen molar-refractivity contribution in [3.63, 3.8) is 0 Å². The molecule has 0 rings (SSSR count). The normalized spacial score (nSPS) is 16.5. The summed E-state index contributed by atoms with van der Waals surface area (Å²) in [4.78, 5) is 0. The molecule has 0 amide bonds. The summed E-state index contributed by atoms with van der Waals surface area (Å²) in [6.45, 7) is 3.76. The topological polar surface area (TPSA) is 36.9 Å². The van der Waals surface area contributed by atoms with Crippen LogP contribution < -0.4 is 0 Å². The lowest BCUT2D eigenvalue weighted by Crippen LogP contribution is -2.74. The van der Waals surface area contributed by atoms with E-state index in [1.165, 1.54) is 20.8 Å². The maximum Gasteiger partial charge on any atom is 0.502 e. The fourth-order valence-electron chi connectivity index (χ4n) is 2.77. The van der Waals surface area contributed by atoms with Crippen LogP contribution in [0.1, 0.15) is 34.1 Å². The Bertz CT molecular complexity index is 786. The molecule has 0 spiro atoms. The van der Waals surface area contributed by atoms with Gasteiger partial charge in [0.15, 0.2) is 6.29 Å². The van der Waals surface area contributed by atoms with Gasteiger partial charge >= 0.3 is 56.6 Å². The van der Waals surface area contributed by atoms with Gasteiger partial charge in [-0.05, 0) is 20.8 Å². The average molecular weight is 640 g/mol. The van der Waals surface area contributed by atoms with Crippen molar-refractivity contribution in [3.8, 4) is 0 Å². The van der Waals surface area contributed by atoms with E-state index >= 15 is 0 Å². The van der Waals surface area contributed by atoms with Gasteiger partial charge in [-0.25, -0.2) is 0 Å². The first-order valence-corrected chi connectivity index (χ1v) is 12.3. The van der Waals surface area contributed by atoms with Gasteiger partial charge in [-0.2, -0.15) is 74.6 Å². The predicted octanol–water partition coefficient (Wildman–Crippen LogP) is 7.75. The Morgan fingerprint density at radius 2 is 0.872 bits per heavy atom. The molecule has 22 heteroatoms. The number of halogens is 17. The first-order chi connectivity index (χ1) is 17.0. The summed E-state index contributed by atoms with van der Waals surface area (Å²) in [6, 6.07) is -0.257. The number of hydrogen-bond acceptors (Lipinski definition) is 4. The Balaban J connectivity index is 6.52. The monoisotopic (exact) mass is 640 g/mol. The van der Waals surface area contributed by atoms with E-state index < -0.39 is 62.9 Å². The van der Waals surface area contributed by atoms with Crippen LogP contribution in [0.15, 0.2) is 0 Å². The Kier molecular flexibility index (Phi) is 11.3. The van der Waals surface area contributed by atoms with Gasteiger partial charge in [-0.1, -0.05) is 13.3 Å². The maximum atomic E-state index is 14.0. The quantitative estimate of drug-likeness (QED) is 0.0983. The van der Waals surface area contributed by atoms with Gasteiger partial charge < -0.3 is 13.3 Å². The van der Waals surface area contributed by atoms with Crippen LogP contribution in [0.5, 0.6) is 0 Å². The molecular weight excluding hydrogens is 619 g/mol. The molecule has 0 fully saturated rings. The summed E-state index contributed by atoms with van der Waals surface area (Å²) >= 11 is 0. The summed E-state index contributed by atoms with van der Waals surface area (Å²) in [5, 5.41) is 0. The molecule has 236 valence electrons. The summed E-state index contributed by atoms with van der Waals surface area (Å²) in [5.74, 6) is -50.6. The van der Waals surface area contributed by atoms with Crippen LogP contribution in [0.4, 0.5) is 74.6 Å². The second-order valence-electron chi connectivity index (χ2n) is 7.56. The minimum absolute atomic E-state index is 0.0989. The first kappa shape index (κ1) is 37.9. The first-order valence-electron chi connectivity index (χ1n) is 10.4. The van der Waals surface area contributed by atoms with E-state index in [1.54, 1.807) is 0 Å². The summed E-state index contributed by atoms with van der Waals surface area (Å²) in [7, 11) is -4.14. The molecule has 0 heterocycles. The van der Waals surface area contributed by atoms with Crippen LogP contribution in [0.3, 0.4) is 0 Å². The second kappa shape index (κ2) is 11.6. The van der Waals surface area contributed by atoms with E-state index in [4.69, 9.17) is 13.3 Å². The largest absolute Gasteiger partial charge is 0.502 e. The highest BCUT2D eigenvalue weighted by Crippen LogP contribution is 2.64. The van der Waals surface area contributed by atoms with E-state index in [9.17, 15) is 74.6 Å². The van der Waals surface area contributed by atoms with Crippen LogP contribution >= 0.6 is 0 Å². The Morgan fingerprint density at radius 1 is 0.538 bits per heavy atom. The van der Waals surface area contributed by atoms with Crippen molar-refractivity contribution in [2.24, 2.45) is 0 Å². The number of hydrogen-bond donors (Lipinski definition) is 0. The fourth-order valence-corrected chi connectivity index (χ4v) is 5.44. The van der Waals surface area contributed by atoms with Gasteiger partial charge in [0.1, 0.15) is 0 Å². The Morgan fingerprint density at radius 3 is 1.18 bits per heavy atom. The van der Waals surface area contributed by atoms with Crippen molar-refractivity contribution in [2.45, 2.75) is 94.3 Å². The van der Waals surface area contributed by atoms with Crippen LogP contribution in [0, 0.1) is 0 Å². The standard InChI is InChI=1S/C17H21F17O4Si/c1-5-8-39(35-6-2,36-7-3)38-9(4)37-17(33,34)15(28,29)13(24,25)11(20,21)10(18,19)12(22,23)14(26,27)16(30,31)32/h9H,5-8H2,1-4H3. The fraction of sp³-hybridized carbons (Fsp3) is 1.00. The van der Waals surface area contributed by atoms with Crippen LogP contribution in [0.2, 0.25) is 6.04 Å². The van der Waals surface area contributed by atoms with E-state index in [1.807, 2.05) is 0 Å². The average Bonchev–Trinajstić information content (AvgIpc) is 2.72. The molecule has 0 aromatic carbocycles. The highest BCUT2D eigenvalue weighted by atomic mass is 28.4. The lowest BCUT2D eigenvalue weighted by Gasteiger charge is -2.43. The van der Waals surface area contributed by atoms with Gasteiger partial charge in [0, 0.05) is 19.3 Å². The Labute approximate surface area is 210 Å². The van der Waals surface area contributed by atoms with E-state index in [2.05, 4.69) is 4.74 Å². The van der Waals surface area contributed by atoms with Gasteiger partial charge in [0.25, 0.3) is 0 Å². The van der Waals surface area contributed by atoms with Crippen molar-refractivity contribution < 1.29 is 92.7 Å². The molecule has 1 atom stereocenters. The molecule has 0 aromatic heterocycles. The molecule has 0 radical (unpaired) electrons. The number of rotatable bonds is 16. The smallest absolute Gasteiger partial charge is 0.374 e. The summed E-state index contributed by atoms with van der Waals surface area (Å²) < 4.78 is 245. The van der Waals surface area contributed by atoms with E-state index in [-0.39, 0.29) is 32.6 Å². The zero-order chi connectivity index (χ0) is 31.7. The van der Waals surface area contributed by atoms with Crippen molar-refractivity contribution in [1.29, 1.82) is 0 Å². The SMILES string of the molecule is CCC[Si](OCC)(OCC)OC(C)OC(F)(F)C(F)(F)C(F)(F)C(F)(F)C(F)(F)C(F)(F)C(F)(F)C(F)(F)F. The molecule has 0 aliphatic heterocycles. The van der Waals surface area contributed by atoms with Crippen molar-refractivity contribution >= 4 is 8.80 Å². The van der Waals surface area contributed by atoms with Crippen molar-refractivity contribution in [1.82, 2.24) is 0 Å². The summed E-state index contributed by atoms with van der Waals surface area (Å²) in [5.41, 5.74) is 0. The van der Waals surface area contributed by atoms with Crippen LogP contribution in [-0.4, -0.2) is 76.1 Å². The van der Waals surface area contributed by atoms with E-state index in [0.717, 1.165) is 0 Å². The van der Waals surface area contributed by atoms with E-state index in [0.29, 0.717) is 0 Å². The maximum absolute atomic E-state index is 14.0. The minimum Gasteiger partial charge on any atom is -0.374 e. The molecular formula is C17H21F17O4Si. The number of alkyl halides is 17. The lowest BCUT2D eigenvalue weighted by atomic mass is 9.90. The zero-order valence-electron chi connectivity index (χ0n) is 20.0. The van der Waals surface area contributed by atoms with Gasteiger partial charge in [-0.15, -0.1) is 0 Å². The third-order valence-corrected chi connectivity index (χ3v) is 7.90. The molecule has 0 bridgehead atoms. The second-order valence-corrected chi connectivity index (χ2v) is 10.2. The van der Waals surface area contributed by atoms with Crippen LogP contribution in [-0.2, 0) is 18.0 Å². The molecule has 0 saturated carbocycles. The lowest BCUT2D eigenvalue weighted by molar-refractivity contribution is -0.483. The molecule has 0 saturated heterocycles. The molecule has 1 unspecified atom stereocenters. The number of ether oxygens (including phenoxy) is 1. The van der Waals surface area contributed by atoms with Crippen molar-refractivity contribution in [3.05, 3.63) is 0 Å². The van der Waals surface area contributed by atoms with Crippen molar-refractivity contribution in [2.75, 3.05) is 13.2 Å². The van der Waals surface area contributed by atoms with Gasteiger partial charge in [-0.3, -0.25) is 4.74 Å². The molecule has 0 aliphatic rings. The van der Waals surface area contributed by atoms with Crippen LogP contribution in [0.25, 0.3) is 0 Å².